The van der Waals surface area contributed by atoms with Crippen LogP contribution in [0.25, 0.3) is 11.1 Å². The summed E-state index contributed by atoms with van der Waals surface area (Å²) in [7, 11) is 0. The molecule has 2 heterocycles. The molecule has 2 aromatic heterocycles. The topological polar surface area (TPSA) is 93.8 Å². The van der Waals surface area contributed by atoms with Crippen LogP contribution in [0.4, 0.5) is 5.13 Å². The van der Waals surface area contributed by atoms with Gasteiger partial charge in [-0.25, -0.2) is 0 Å². The number of nitrogens with one attached hydrogen (secondary N) is 1. The van der Waals surface area contributed by atoms with Gasteiger partial charge in [0.1, 0.15) is 5.01 Å². The molecule has 0 saturated carbocycles. The fraction of sp³-hybridized carbons (Fsp3) is 0.263. The normalized spacial score (nSPS) is 11.4. The lowest BCUT2D eigenvalue weighted by Crippen LogP contribution is -2.40. The zero-order valence-electron chi connectivity index (χ0n) is 15.2. The van der Waals surface area contributed by atoms with Gasteiger partial charge in [0.15, 0.2) is 0 Å². The Morgan fingerprint density at radius 3 is 2.19 bits per heavy atom. The van der Waals surface area contributed by atoms with Crippen molar-refractivity contribution < 1.29 is 4.79 Å². The molecular formula is C19H21N5OS. The Kier molecular flexibility index (Phi) is 4.73. The van der Waals surface area contributed by atoms with Crippen LogP contribution in [-0.4, -0.2) is 21.1 Å². The molecule has 3 rings (SSSR count). The van der Waals surface area contributed by atoms with Crippen molar-refractivity contribution >= 4 is 22.4 Å². The first-order valence-electron chi connectivity index (χ1n) is 8.22. The minimum atomic E-state index is -0.648. The van der Waals surface area contributed by atoms with Crippen molar-refractivity contribution in [1.82, 2.24) is 20.5 Å². The summed E-state index contributed by atoms with van der Waals surface area (Å²) >= 11 is 1.27. The lowest BCUT2D eigenvalue weighted by molar-refractivity contribution is 0.0911. The first-order valence-corrected chi connectivity index (χ1v) is 9.04. The summed E-state index contributed by atoms with van der Waals surface area (Å²) in [4.78, 5) is 17.0. The highest BCUT2D eigenvalue weighted by Crippen LogP contribution is 2.26. The minimum Gasteiger partial charge on any atom is -0.374 e. The fourth-order valence-corrected chi connectivity index (χ4v) is 3.38. The molecule has 0 fully saturated rings. The molecule has 3 N–H and O–H groups in total. The highest BCUT2D eigenvalue weighted by atomic mass is 32.1. The first-order chi connectivity index (χ1) is 12.2. The average Bonchev–Trinajstić information content (AvgIpc) is 3.01. The van der Waals surface area contributed by atoms with Crippen molar-refractivity contribution in [3.05, 3.63) is 58.4 Å². The van der Waals surface area contributed by atoms with Crippen molar-refractivity contribution in [3.8, 4) is 11.1 Å². The van der Waals surface area contributed by atoms with Crippen LogP contribution in [0.2, 0.25) is 0 Å². The number of aromatic nitrogens is 3. The second kappa shape index (κ2) is 6.84. The number of hydrogen-bond donors (Lipinski definition) is 2. The van der Waals surface area contributed by atoms with Gasteiger partial charge < -0.3 is 11.1 Å². The van der Waals surface area contributed by atoms with Gasteiger partial charge in [0.25, 0.3) is 5.91 Å². The van der Waals surface area contributed by atoms with Gasteiger partial charge in [0, 0.05) is 17.0 Å². The van der Waals surface area contributed by atoms with Gasteiger partial charge in [0.05, 0.1) is 5.54 Å². The lowest BCUT2D eigenvalue weighted by atomic mass is 10.0. The number of aryl methyl sites for hydroxylation is 2. The summed E-state index contributed by atoms with van der Waals surface area (Å²) in [6, 6.07) is 11.6. The van der Waals surface area contributed by atoms with E-state index in [1.165, 1.54) is 11.3 Å². The molecule has 0 spiro atoms. The Morgan fingerprint density at radius 2 is 1.65 bits per heavy atom. The Labute approximate surface area is 156 Å². The van der Waals surface area contributed by atoms with Crippen molar-refractivity contribution in [3.63, 3.8) is 0 Å². The third-order valence-corrected chi connectivity index (χ3v) is 5.04. The third-order valence-electron chi connectivity index (χ3n) is 3.96. The first kappa shape index (κ1) is 18.0. The van der Waals surface area contributed by atoms with Gasteiger partial charge in [-0.05, 0) is 63.1 Å². The van der Waals surface area contributed by atoms with E-state index in [9.17, 15) is 4.79 Å². The van der Waals surface area contributed by atoms with E-state index in [2.05, 4.69) is 20.5 Å². The number of nitrogens with zero attached hydrogens (tertiary/aromatic N) is 3. The van der Waals surface area contributed by atoms with Gasteiger partial charge in [-0.2, -0.15) is 0 Å². The molecule has 134 valence electrons. The SMILES string of the molecule is Cc1cc(-c2ccc(C(=O)NC(C)(C)c3nnc(N)s3)cc2)cc(C)n1. The molecule has 0 aliphatic carbocycles. The van der Waals surface area contributed by atoms with Gasteiger partial charge in [-0.15, -0.1) is 10.2 Å². The van der Waals surface area contributed by atoms with Crippen LogP contribution in [0.1, 0.15) is 40.6 Å². The van der Waals surface area contributed by atoms with Crippen molar-refractivity contribution in [2.24, 2.45) is 0 Å². The third kappa shape index (κ3) is 3.88. The molecule has 26 heavy (non-hydrogen) atoms. The molecule has 1 aromatic carbocycles. The van der Waals surface area contributed by atoms with Crippen LogP contribution >= 0.6 is 11.3 Å². The van der Waals surface area contributed by atoms with Gasteiger partial charge in [-0.1, -0.05) is 23.5 Å². The van der Waals surface area contributed by atoms with Crippen molar-refractivity contribution in [2.45, 2.75) is 33.2 Å². The molecule has 0 radical (unpaired) electrons. The summed E-state index contributed by atoms with van der Waals surface area (Å²) in [5.41, 5.74) is 9.66. The van der Waals surface area contributed by atoms with Crippen LogP contribution in [0.5, 0.6) is 0 Å². The van der Waals surface area contributed by atoms with Crippen LogP contribution < -0.4 is 11.1 Å². The second-order valence-corrected chi connectivity index (χ2v) is 7.75. The molecule has 0 unspecified atom stereocenters. The lowest BCUT2D eigenvalue weighted by Gasteiger charge is -2.23. The largest absolute Gasteiger partial charge is 0.374 e. The number of pyridine rings is 1. The molecule has 3 aromatic rings. The zero-order chi connectivity index (χ0) is 18.9. The standard InChI is InChI=1S/C19H21N5OS/c1-11-9-15(10-12(2)21-11)13-5-7-14(8-6-13)16(25)22-19(3,4)17-23-24-18(20)26-17/h5-10H,1-4H3,(H2,20,24)(H,22,25). The number of amides is 1. The number of carbonyl (C=O) groups is 1. The molecular weight excluding hydrogens is 346 g/mol. The predicted octanol–water partition coefficient (Wildman–Crippen LogP) is 3.46. The molecule has 7 heteroatoms. The molecule has 0 atom stereocenters. The van der Waals surface area contributed by atoms with E-state index < -0.39 is 5.54 Å². The minimum absolute atomic E-state index is 0.169. The molecule has 0 bridgehead atoms. The number of nitrogens with two attached hydrogens (primary N) is 1. The van der Waals surface area contributed by atoms with Crippen molar-refractivity contribution in [2.75, 3.05) is 5.73 Å². The maximum absolute atomic E-state index is 12.6. The summed E-state index contributed by atoms with van der Waals surface area (Å²) in [6.07, 6.45) is 0. The molecule has 1 amide bonds. The Hall–Kier alpha value is -2.80. The quantitative estimate of drug-likeness (QED) is 0.736. The van der Waals surface area contributed by atoms with E-state index in [1.54, 1.807) is 0 Å². The summed E-state index contributed by atoms with van der Waals surface area (Å²) in [5, 5.41) is 11.9. The van der Waals surface area contributed by atoms with E-state index in [-0.39, 0.29) is 5.91 Å². The van der Waals surface area contributed by atoms with E-state index in [1.807, 2.05) is 64.1 Å². The van der Waals surface area contributed by atoms with Crippen LogP contribution in [0.3, 0.4) is 0 Å². The molecule has 0 aliphatic heterocycles. The highest BCUT2D eigenvalue weighted by molar-refractivity contribution is 7.15. The van der Waals surface area contributed by atoms with Crippen molar-refractivity contribution in [1.29, 1.82) is 0 Å². The number of carbonyl (C=O) groups excluding carboxylic acids is 1. The van der Waals surface area contributed by atoms with Gasteiger partial charge in [0.2, 0.25) is 5.13 Å². The van der Waals surface area contributed by atoms with Crippen LogP contribution in [0.15, 0.2) is 36.4 Å². The average molecular weight is 367 g/mol. The van der Waals surface area contributed by atoms with E-state index >= 15 is 0 Å². The fourth-order valence-electron chi connectivity index (χ4n) is 2.71. The Balaban J connectivity index is 1.78. The summed E-state index contributed by atoms with van der Waals surface area (Å²) in [5.74, 6) is -0.169. The van der Waals surface area contributed by atoms with Crippen LogP contribution in [-0.2, 0) is 5.54 Å². The molecule has 6 nitrogen and oxygen atoms in total. The number of anilines is 1. The molecule has 0 saturated heterocycles. The van der Waals surface area contributed by atoms with E-state index in [0.717, 1.165) is 22.5 Å². The van der Waals surface area contributed by atoms with Gasteiger partial charge in [-0.3, -0.25) is 9.78 Å². The van der Waals surface area contributed by atoms with Gasteiger partial charge >= 0.3 is 0 Å². The number of rotatable bonds is 4. The van der Waals surface area contributed by atoms with Crippen LogP contribution in [0, 0.1) is 13.8 Å². The predicted molar refractivity (Wildman–Crippen MR) is 104 cm³/mol. The van der Waals surface area contributed by atoms with E-state index in [4.69, 9.17) is 5.73 Å². The zero-order valence-corrected chi connectivity index (χ0v) is 16.0. The number of nitrogen functional groups attached to an aromatic ring is 1. The smallest absolute Gasteiger partial charge is 0.252 e. The monoisotopic (exact) mass is 367 g/mol. The summed E-state index contributed by atoms with van der Waals surface area (Å²) < 4.78 is 0. The number of benzene rings is 1. The maximum atomic E-state index is 12.6. The molecule has 0 aliphatic rings. The second-order valence-electron chi connectivity index (χ2n) is 6.74. The maximum Gasteiger partial charge on any atom is 0.252 e. The Bertz CT molecular complexity index is 927. The van der Waals surface area contributed by atoms with E-state index in [0.29, 0.717) is 15.7 Å². The summed E-state index contributed by atoms with van der Waals surface area (Å²) in [6.45, 7) is 7.70. The highest BCUT2D eigenvalue weighted by Gasteiger charge is 2.27. The number of hydrogen-bond acceptors (Lipinski definition) is 6. The Morgan fingerprint density at radius 1 is 1.04 bits per heavy atom.